The number of aryl methyl sites for hydroxylation is 1. The molecule has 0 amide bonds. The first kappa shape index (κ1) is 16.3. The number of nitrogens with one attached hydrogen (secondary N) is 1. The van der Waals surface area contributed by atoms with E-state index in [9.17, 15) is 0 Å². The van der Waals surface area contributed by atoms with Crippen molar-refractivity contribution in [3.8, 4) is 0 Å². The number of anilines is 2. The molecule has 1 aliphatic rings. The van der Waals surface area contributed by atoms with Crippen molar-refractivity contribution in [2.45, 2.75) is 12.6 Å². The zero-order chi connectivity index (χ0) is 17.1. The van der Waals surface area contributed by atoms with Crippen molar-refractivity contribution in [1.82, 2.24) is 14.5 Å². The Morgan fingerprint density at radius 1 is 1.24 bits per heavy atom. The summed E-state index contributed by atoms with van der Waals surface area (Å²) in [7, 11) is 2.09. The first-order valence-corrected chi connectivity index (χ1v) is 9.37. The van der Waals surface area contributed by atoms with Gasteiger partial charge in [-0.05, 0) is 24.3 Å². The van der Waals surface area contributed by atoms with Gasteiger partial charge in [0.15, 0.2) is 5.13 Å². The van der Waals surface area contributed by atoms with E-state index in [1.54, 1.807) is 11.3 Å². The van der Waals surface area contributed by atoms with E-state index in [-0.39, 0.29) is 6.04 Å². The number of hydrogen-bond acceptors (Lipinski definition) is 5. The van der Waals surface area contributed by atoms with Gasteiger partial charge in [0, 0.05) is 43.1 Å². The Morgan fingerprint density at radius 3 is 2.92 bits per heavy atom. The lowest BCUT2D eigenvalue weighted by atomic mass is 10.1. The first-order chi connectivity index (χ1) is 12.3. The van der Waals surface area contributed by atoms with E-state index in [2.05, 4.69) is 57.7 Å². The van der Waals surface area contributed by atoms with Crippen LogP contribution in [-0.4, -0.2) is 34.2 Å². The molecule has 3 heterocycles. The zero-order valence-electron chi connectivity index (χ0n) is 14.3. The Labute approximate surface area is 151 Å². The molecule has 0 spiro atoms. The molecule has 1 fully saturated rings. The second-order valence-electron chi connectivity index (χ2n) is 6.24. The predicted molar refractivity (Wildman–Crippen MR) is 101 cm³/mol. The molecular formula is C19H22N4OS. The highest BCUT2D eigenvalue weighted by Crippen LogP contribution is 2.27. The number of ether oxygens (including phenoxy) is 1. The van der Waals surface area contributed by atoms with Crippen LogP contribution in [0.1, 0.15) is 17.4 Å². The number of hydrogen-bond donors (Lipinski definition) is 1. The summed E-state index contributed by atoms with van der Waals surface area (Å²) in [6.07, 6.45) is 2.09. The van der Waals surface area contributed by atoms with E-state index in [0.717, 1.165) is 42.8 Å². The first-order valence-electron chi connectivity index (χ1n) is 8.49. The van der Waals surface area contributed by atoms with E-state index in [1.165, 1.54) is 5.69 Å². The molecule has 0 radical (unpaired) electrons. The Morgan fingerprint density at radius 2 is 2.12 bits per heavy atom. The van der Waals surface area contributed by atoms with Crippen LogP contribution in [0.25, 0.3) is 0 Å². The van der Waals surface area contributed by atoms with Crippen LogP contribution in [-0.2, 0) is 18.3 Å². The van der Waals surface area contributed by atoms with Crippen molar-refractivity contribution in [3.05, 3.63) is 65.4 Å². The van der Waals surface area contributed by atoms with Crippen LogP contribution in [0.5, 0.6) is 0 Å². The molecule has 0 saturated carbocycles. The van der Waals surface area contributed by atoms with Crippen molar-refractivity contribution in [1.29, 1.82) is 0 Å². The molecule has 5 nitrogen and oxygen atoms in total. The fraction of sp³-hybridized carbons (Fsp3) is 0.316. The lowest BCUT2D eigenvalue weighted by molar-refractivity contribution is -0.0156. The molecule has 1 atom stereocenters. The van der Waals surface area contributed by atoms with Crippen molar-refractivity contribution in [2.24, 2.45) is 7.05 Å². The second-order valence-corrected chi connectivity index (χ2v) is 7.10. The third kappa shape index (κ3) is 3.76. The van der Waals surface area contributed by atoms with Crippen LogP contribution >= 0.6 is 11.3 Å². The van der Waals surface area contributed by atoms with Gasteiger partial charge < -0.3 is 14.6 Å². The van der Waals surface area contributed by atoms with Crippen LogP contribution in [0.2, 0.25) is 0 Å². The number of nitrogens with zero attached hydrogens (tertiary/aromatic N) is 3. The summed E-state index contributed by atoms with van der Waals surface area (Å²) < 4.78 is 7.90. The van der Waals surface area contributed by atoms with Gasteiger partial charge in [-0.2, -0.15) is 0 Å². The molecule has 1 aromatic carbocycles. The van der Waals surface area contributed by atoms with Crippen LogP contribution in [0.3, 0.4) is 0 Å². The molecule has 0 aliphatic carbocycles. The van der Waals surface area contributed by atoms with Crippen LogP contribution in [0, 0.1) is 0 Å². The Hall–Kier alpha value is -2.15. The van der Waals surface area contributed by atoms with E-state index < -0.39 is 0 Å². The van der Waals surface area contributed by atoms with E-state index in [1.807, 2.05) is 18.2 Å². The molecule has 3 aromatic rings. The Bertz CT molecular complexity index is 814. The maximum absolute atomic E-state index is 5.73. The summed E-state index contributed by atoms with van der Waals surface area (Å²) in [4.78, 5) is 7.21. The molecule has 6 heteroatoms. The van der Waals surface area contributed by atoms with Crippen LogP contribution in [0.15, 0.2) is 54.0 Å². The molecule has 1 unspecified atom stereocenters. The van der Waals surface area contributed by atoms with Gasteiger partial charge in [0.25, 0.3) is 0 Å². The monoisotopic (exact) mass is 354 g/mol. The molecule has 0 bridgehead atoms. The maximum Gasteiger partial charge on any atom is 0.187 e. The number of para-hydroxylation sites is 1. The van der Waals surface area contributed by atoms with E-state index in [0.29, 0.717) is 0 Å². The van der Waals surface area contributed by atoms with E-state index in [4.69, 9.17) is 9.72 Å². The normalized spacial score (nSPS) is 18.4. The van der Waals surface area contributed by atoms with Gasteiger partial charge in [-0.15, -0.1) is 11.3 Å². The zero-order valence-corrected chi connectivity index (χ0v) is 15.1. The minimum atomic E-state index is 0.279. The van der Waals surface area contributed by atoms with Crippen molar-refractivity contribution in [3.63, 3.8) is 0 Å². The van der Waals surface area contributed by atoms with Gasteiger partial charge in [-0.3, -0.25) is 4.90 Å². The molecule has 4 rings (SSSR count). The molecule has 2 aromatic heterocycles. The standard InChI is InChI=1S/C19H22N4OS/c1-22-9-5-8-17(22)18-13-24-11-10-23(18)12-16-14-25-19(21-16)20-15-6-3-2-4-7-15/h2-9,14,18H,10-13H2,1H3,(H,20,21). The minimum Gasteiger partial charge on any atom is -0.378 e. The smallest absolute Gasteiger partial charge is 0.187 e. The number of rotatable bonds is 5. The van der Waals surface area contributed by atoms with Gasteiger partial charge in [0.2, 0.25) is 0 Å². The van der Waals surface area contributed by atoms with Gasteiger partial charge in [0.1, 0.15) is 0 Å². The van der Waals surface area contributed by atoms with Gasteiger partial charge in [-0.25, -0.2) is 4.98 Å². The summed E-state index contributed by atoms with van der Waals surface area (Å²) in [6, 6.07) is 14.7. The number of thiazole rings is 1. The fourth-order valence-corrected chi connectivity index (χ4v) is 3.93. The third-order valence-corrected chi connectivity index (χ3v) is 5.31. The second kappa shape index (κ2) is 7.39. The number of morpholine rings is 1. The lowest BCUT2D eigenvalue weighted by Gasteiger charge is -2.35. The largest absolute Gasteiger partial charge is 0.378 e. The summed E-state index contributed by atoms with van der Waals surface area (Å²) >= 11 is 1.65. The average molecular weight is 354 g/mol. The van der Waals surface area contributed by atoms with Crippen molar-refractivity contribution < 1.29 is 4.74 Å². The van der Waals surface area contributed by atoms with Crippen molar-refractivity contribution in [2.75, 3.05) is 25.1 Å². The fourth-order valence-electron chi connectivity index (χ4n) is 3.21. The molecular weight excluding hydrogens is 332 g/mol. The third-order valence-electron chi connectivity index (χ3n) is 4.51. The van der Waals surface area contributed by atoms with Gasteiger partial charge in [-0.1, -0.05) is 18.2 Å². The predicted octanol–water partition coefficient (Wildman–Crippen LogP) is 3.80. The van der Waals surface area contributed by atoms with Gasteiger partial charge >= 0.3 is 0 Å². The average Bonchev–Trinajstić information content (AvgIpc) is 3.25. The summed E-state index contributed by atoms with van der Waals surface area (Å²) in [5.41, 5.74) is 3.46. The number of benzene rings is 1. The molecule has 1 saturated heterocycles. The SMILES string of the molecule is Cn1cccc1C1COCCN1Cc1csc(Nc2ccccc2)n1. The van der Waals surface area contributed by atoms with Gasteiger partial charge in [0.05, 0.1) is 24.9 Å². The quantitative estimate of drug-likeness (QED) is 0.757. The highest BCUT2D eigenvalue weighted by atomic mass is 32.1. The maximum atomic E-state index is 5.73. The highest BCUT2D eigenvalue weighted by molar-refractivity contribution is 7.13. The summed E-state index contributed by atoms with van der Waals surface area (Å²) in [5, 5.41) is 6.45. The molecule has 25 heavy (non-hydrogen) atoms. The highest BCUT2D eigenvalue weighted by Gasteiger charge is 2.26. The van der Waals surface area contributed by atoms with Crippen molar-refractivity contribution >= 4 is 22.2 Å². The molecule has 130 valence electrons. The van der Waals surface area contributed by atoms with E-state index >= 15 is 0 Å². The summed E-state index contributed by atoms with van der Waals surface area (Å²) in [6.45, 7) is 3.28. The molecule has 1 aliphatic heterocycles. The minimum absolute atomic E-state index is 0.279. The Balaban J connectivity index is 1.46. The topological polar surface area (TPSA) is 42.3 Å². The Kier molecular flexibility index (Phi) is 4.83. The number of aromatic nitrogens is 2. The summed E-state index contributed by atoms with van der Waals surface area (Å²) in [5.74, 6) is 0. The molecule has 1 N–H and O–H groups in total. The van der Waals surface area contributed by atoms with Crippen LogP contribution < -0.4 is 5.32 Å². The van der Waals surface area contributed by atoms with Crippen LogP contribution in [0.4, 0.5) is 10.8 Å². The lowest BCUT2D eigenvalue weighted by Crippen LogP contribution is -2.39.